The zero-order chi connectivity index (χ0) is 15.7. The first-order chi connectivity index (χ1) is 10.4. The van der Waals surface area contributed by atoms with Crippen LogP contribution in [0.1, 0.15) is 42.5 Å². The largest absolute Gasteiger partial charge is 0.573 e. The summed E-state index contributed by atoms with van der Waals surface area (Å²) in [7, 11) is 0. The number of para-hydroxylation sites is 1. The average molecular weight is 330 g/mol. The van der Waals surface area contributed by atoms with Gasteiger partial charge in [-0.05, 0) is 37.8 Å². The SMILES string of the molecule is O=C(c1ccccc1OC(F)(F)F)C1CC2CCCC(C1)S2. The van der Waals surface area contributed by atoms with Crippen molar-refractivity contribution < 1.29 is 22.7 Å². The highest BCUT2D eigenvalue weighted by Crippen LogP contribution is 2.45. The van der Waals surface area contributed by atoms with Gasteiger partial charge in [0.25, 0.3) is 0 Å². The first-order valence-electron chi connectivity index (χ1n) is 7.47. The highest BCUT2D eigenvalue weighted by atomic mass is 32.2. The molecule has 6 heteroatoms. The Hall–Kier alpha value is -1.17. The maximum absolute atomic E-state index is 12.7. The molecule has 0 saturated carbocycles. The molecule has 2 aliphatic rings. The fraction of sp³-hybridized carbons (Fsp3) is 0.562. The minimum Gasteiger partial charge on any atom is -0.405 e. The molecule has 0 radical (unpaired) electrons. The summed E-state index contributed by atoms with van der Waals surface area (Å²) in [6.45, 7) is 0. The molecule has 2 aliphatic heterocycles. The smallest absolute Gasteiger partial charge is 0.405 e. The van der Waals surface area contributed by atoms with Crippen molar-refractivity contribution in [1.82, 2.24) is 0 Å². The molecule has 120 valence electrons. The zero-order valence-corrected chi connectivity index (χ0v) is 12.8. The minimum absolute atomic E-state index is 0.0507. The molecular weight excluding hydrogens is 313 g/mol. The molecule has 0 N–H and O–H groups in total. The Morgan fingerprint density at radius 2 is 1.77 bits per heavy atom. The topological polar surface area (TPSA) is 26.3 Å². The number of Topliss-reactive ketones (excluding diaryl/α,β-unsaturated/α-hetero) is 1. The Morgan fingerprint density at radius 1 is 1.14 bits per heavy atom. The predicted octanol–water partition coefficient (Wildman–Crippen LogP) is 4.83. The van der Waals surface area contributed by atoms with E-state index in [0.29, 0.717) is 10.5 Å². The van der Waals surface area contributed by atoms with Crippen LogP contribution in [-0.2, 0) is 0 Å². The maximum Gasteiger partial charge on any atom is 0.573 e. The van der Waals surface area contributed by atoms with Gasteiger partial charge in [-0.3, -0.25) is 4.79 Å². The highest BCUT2D eigenvalue weighted by Gasteiger charge is 2.38. The average Bonchev–Trinajstić information content (AvgIpc) is 2.45. The van der Waals surface area contributed by atoms with Crippen LogP contribution < -0.4 is 4.74 Å². The Morgan fingerprint density at radius 3 is 2.41 bits per heavy atom. The summed E-state index contributed by atoms with van der Waals surface area (Å²) in [6.07, 6.45) is 0.143. The number of halogens is 3. The third-order valence-corrected chi connectivity index (χ3v) is 5.91. The number of ether oxygens (including phenoxy) is 1. The van der Waals surface area contributed by atoms with Crippen LogP contribution in [0.15, 0.2) is 24.3 Å². The van der Waals surface area contributed by atoms with E-state index < -0.39 is 6.36 Å². The van der Waals surface area contributed by atoms with Gasteiger partial charge in [0.1, 0.15) is 5.75 Å². The number of alkyl halides is 3. The lowest BCUT2D eigenvalue weighted by Gasteiger charge is -2.38. The van der Waals surface area contributed by atoms with Gasteiger partial charge in [-0.25, -0.2) is 0 Å². The van der Waals surface area contributed by atoms with Gasteiger partial charge in [-0.1, -0.05) is 18.6 Å². The normalized spacial score (nSPS) is 28.2. The molecule has 2 unspecified atom stereocenters. The van der Waals surface area contributed by atoms with Gasteiger partial charge >= 0.3 is 6.36 Å². The number of benzene rings is 1. The van der Waals surface area contributed by atoms with Crippen LogP contribution in [0.3, 0.4) is 0 Å². The van der Waals surface area contributed by atoms with Gasteiger partial charge in [0, 0.05) is 16.4 Å². The number of hydrogen-bond acceptors (Lipinski definition) is 3. The number of ketones is 1. The number of carbonyl (C=O) groups excluding carboxylic acids is 1. The quantitative estimate of drug-likeness (QED) is 0.742. The van der Waals surface area contributed by atoms with Gasteiger partial charge in [-0.15, -0.1) is 13.2 Å². The molecule has 3 rings (SSSR count). The van der Waals surface area contributed by atoms with Gasteiger partial charge in [0.05, 0.1) is 5.56 Å². The van der Waals surface area contributed by atoms with Crippen molar-refractivity contribution in [2.45, 2.75) is 49.0 Å². The lowest BCUT2D eigenvalue weighted by atomic mass is 9.84. The second-order valence-electron chi connectivity index (χ2n) is 5.89. The van der Waals surface area contributed by atoms with Crippen molar-refractivity contribution in [3.63, 3.8) is 0 Å². The number of rotatable bonds is 3. The Balaban J connectivity index is 1.80. The maximum atomic E-state index is 12.7. The number of carbonyl (C=O) groups is 1. The molecule has 0 aromatic heterocycles. The fourth-order valence-corrected chi connectivity index (χ4v) is 5.21. The molecule has 2 heterocycles. The lowest BCUT2D eigenvalue weighted by Crippen LogP contribution is -2.33. The molecule has 1 aromatic carbocycles. The van der Waals surface area contributed by atoms with E-state index in [1.54, 1.807) is 6.07 Å². The third-order valence-electron chi connectivity index (χ3n) is 4.28. The molecular formula is C16H17F3O2S. The van der Waals surface area contributed by atoms with E-state index in [9.17, 15) is 18.0 Å². The van der Waals surface area contributed by atoms with Crippen LogP contribution in [0, 0.1) is 5.92 Å². The molecule has 2 nitrogen and oxygen atoms in total. The van der Waals surface area contributed by atoms with Gasteiger partial charge in [0.2, 0.25) is 0 Å². The van der Waals surface area contributed by atoms with E-state index in [1.807, 2.05) is 11.8 Å². The van der Waals surface area contributed by atoms with Crippen molar-refractivity contribution in [3.05, 3.63) is 29.8 Å². The molecule has 1 aromatic rings. The monoisotopic (exact) mass is 330 g/mol. The second kappa shape index (κ2) is 6.14. The summed E-state index contributed by atoms with van der Waals surface area (Å²) in [5, 5.41) is 0.939. The van der Waals surface area contributed by atoms with Crippen LogP contribution in [0.5, 0.6) is 5.75 Å². The van der Waals surface area contributed by atoms with Gasteiger partial charge in [0.15, 0.2) is 5.78 Å². The van der Waals surface area contributed by atoms with Crippen LogP contribution in [-0.4, -0.2) is 22.6 Å². The molecule has 2 atom stereocenters. The van der Waals surface area contributed by atoms with E-state index in [-0.39, 0.29) is 23.0 Å². The molecule has 22 heavy (non-hydrogen) atoms. The van der Waals surface area contributed by atoms with Crippen molar-refractivity contribution in [2.75, 3.05) is 0 Å². The van der Waals surface area contributed by atoms with Crippen LogP contribution >= 0.6 is 11.8 Å². The van der Waals surface area contributed by atoms with E-state index in [0.717, 1.165) is 25.7 Å². The highest BCUT2D eigenvalue weighted by molar-refractivity contribution is 8.00. The van der Waals surface area contributed by atoms with Gasteiger partial charge < -0.3 is 4.74 Å². The number of fused-ring (bicyclic) bond motifs is 2. The zero-order valence-electron chi connectivity index (χ0n) is 11.9. The number of thioether (sulfide) groups is 1. The van der Waals surface area contributed by atoms with Crippen LogP contribution in [0.25, 0.3) is 0 Å². The fourth-order valence-electron chi connectivity index (χ4n) is 3.38. The van der Waals surface area contributed by atoms with E-state index in [2.05, 4.69) is 4.74 Å². The van der Waals surface area contributed by atoms with Crippen LogP contribution in [0.2, 0.25) is 0 Å². The molecule has 2 bridgehead atoms. The molecule has 0 spiro atoms. The summed E-state index contributed by atoms with van der Waals surface area (Å²) < 4.78 is 41.4. The Bertz CT molecular complexity index is 547. The first-order valence-corrected chi connectivity index (χ1v) is 8.41. The summed E-state index contributed by atoms with van der Waals surface area (Å²) >= 11 is 1.94. The minimum atomic E-state index is -4.78. The van der Waals surface area contributed by atoms with Crippen molar-refractivity contribution in [2.24, 2.45) is 5.92 Å². The summed E-state index contributed by atoms with van der Waals surface area (Å²) in [5.41, 5.74) is 0.0507. The molecule has 0 aliphatic carbocycles. The van der Waals surface area contributed by atoms with E-state index in [1.165, 1.54) is 24.6 Å². The third kappa shape index (κ3) is 3.59. The number of hydrogen-bond donors (Lipinski definition) is 0. The molecule has 2 fully saturated rings. The van der Waals surface area contributed by atoms with E-state index in [4.69, 9.17) is 0 Å². The molecule has 0 amide bonds. The Labute approximate surface area is 131 Å². The van der Waals surface area contributed by atoms with Crippen molar-refractivity contribution >= 4 is 17.5 Å². The Kier molecular flexibility index (Phi) is 4.39. The van der Waals surface area contributed by atoms with Crippen molar-refractivity contribution in [1.29, 1.82) is 0 Å². The standard InChI is InChI=1S/C16H17F3O2S/c17-16(18,19)21-14-7-2-1-6-13(14)15(20)10-8-11-4-3-5-12(9-10)22-11/h1-2,6-7,10-12H,3-5,8-9H2. The summed E-state index contributed by atoms with van der Waals surface area (Å²) in [6, 6.07) is 5.66. The summed E-state index contributed by atoms with van der Waals surface area (Å²) in [5.74, 6) is -0.782. The predicted molar refractivity (Wildman–Crippen MR) is 79.2 cm³/mol. The van der Waals surface area contributed by atoms with Crippen molar-refractivity contribution in [3.8, 4) is 5.75 Å². The first kappa shape index (κ1) is 15.7. The van der Waals surface area contributed by atoms with Gasteiger partial charge in [-0.2, -0.15) is 11.8 Å². The summed E-state index contributed by atoms with van der Waals surface area (Å²) in [4.78, 5) is 12.7. The van der Waals surface area contributed by atoms with Crippen LogP contribution in [0.4, 0.5) is 13.2 Å². The second-order valence-corrected chi connectivity index (χ2v) is 7.49. The molecule has 2 saturated heterocycles. The lowest BCUT2D eigenvalue weighted by molar-refractivity contribution is -0.274. The van der Waals surface area contributed by atoms with E-state index >= 15 is 0 Å².